The summed E-state index contributed by atoms with van der Waals surface area (Å²) in [6, 6.07) is 6.82. The van der Waals surface area contributed by atoms with Gasteiger partial charge in [-0.05, 0) is 17.7 Å². The lowest BCUT2D eigenvalue weighted by Gasteiger charge is -2.04. The lowest BCUT2D eigenvalue weighted by molar-refractivity contribution is -0.115. The highest BCUT2D eigenvalue weighted by Crippen LogP contribution is 2.24. The number of hydrogen-bond donors (Lipinski definition) is 3. The van der Waals surface area contributed by atoms with Gasteiger partial charge in [0.2, 0.25) is 5.91 Å². The summed E-state index contributed by atoms with van der Waals surface area (Å²) in [5.74, 6) is 0.240. The van der Waals surface area contributed by atoms with Gasteiger partial charge in [0.1, 0.15) is 5.82 Å². The predicted molar refractivity (Wildman–Crippen MR) is 65.3 cm³/mol. The number of H-pyrrole nitrogens is 1. The van der Waals surface area contributed by atoms with Crippen LogP contribution in [0.2, 0.25) is 0 Å². The van der Waals surface area contributed by atoms with E-state index in [1.165, 1.54) is 0 Å². The van der Waals surface area contributed by atoms with Crippen molar-refractivity contribution >= 4 is 23.3 Å². The van der Waals surface area contributed by atoms with E-state index in [0.717, 1.165) is 5.56 Å². The Hall–Kier alpha value is -2.63. The zero-order chi connectivity index (χ0) is 12.5. The van der Waals surface area contributed by atoms with Crippen molar-refractivity contribution in [3.8, 4) is 0 Å². The maximum absolute atomic E-state index is 11.9. The van der Waals surface area contributed by atoms with Crippen molar-refractivity contribution in [3.63, 3.8) is 0 Å². The molecule has 0 fully saturated rings. The molecule has 90 valence electrons. The molecule has 0 saturated heterocycles. The van der Waals surface area contributed by atoms with Crippen LogP contribution in [0.1, 0.15) is 15.9 Å². The summed E-state index contributed by atoms with van der Waals surface area (Å²) in [7, 11) is 0. The van der Waals surface area contributed by atoms with Gasteiger partial charge in [-0.15, -0.1) is 0 Å². The molecule has 2 heterocycles. The molecule has 6 nitrogen and oxygen atoms in total. The van der Waals surface area contributed by atoms with Crippen LogP contribution in [0.3, 0.4) is 0 Å². The molecule has 0 bridgehead atoms. The van der Waals surface area contributed by atoms with E-state index in [1.54, 1.807) is 30.5 Å². The quantitative estimate of drug-likeness (QED) is 0.738. The first kappa shape index (κ1) is 10.5. The molecule has 0 radical (unpaired) electrons. The van der Waals surface area contributed by atoms with Gasteiger partial charge in [0.15, 0.2) is 0 Å². The third-order valence-corrected chi connectivity index (χ3v) is 2.75. The minimum absolute atomic E-state index is 0.0453. The molecule has 0 saturated carbocycles. The molecule has 18 heavy (non-hydrogen) atoms. The van der Waals surface area contributed by atoms with E-state index in [2.05, 4.69) is 20.8 Å². The van der Waals surface area contributed by atoms with Gasteiger partial charge in [-0.2, -0.15) is 5.10 Å². The lowest BCUT2D eigenvalue weighted by atomic mass is 10.1. The summed E-state index contributed by atoms with van der Waals surface area (Å²) in [5.41, 5.74) is 2.11. The number of anilines is 2. The maximum Gasteiger partial charge on any atom is 0.256 e. The number of rotatable bonds is 2. The maximum atomic E-state index is 11.9. The van der Waals surface area contributed by atoms with Crippen LogP contribution in [0.5, 0.6) is 0 Å². The number of amides is 2. The van der Waals surface area contributed by atoms with Crippen molar-refractivity contribution in [1.82, 2.24) is 10.2 Å². The van der Waals surface area contributed by atoms with Crippen LogP contribution in [0, 0.1) is 0 Å². The SMILES string of the molecule is O=C1Cc2ccc(C(=O)Nc3ccn[nH]3)cc2N1. The molecule has 3 N–H and O–H groups in total. The first-order valence-electron chi connectivity index (χ1n) is 5.46. The van der Waals surface area contributed by atoms with Crippen molar-refractivity contribution in [2.75, 3.05) is 10.6 Å². The Morgan fingerprint density at radius 1 is 1.33 bits per heavy atom. The van der Waals surface area contributed by atoms with E-state index in [-0.39, 0.29) is 11.8 Å². The highest BCUT2D eigenvalue weighted by molar-refractivity contribution is 6.06. The number of nitrogens with one attached hydrogen (secondary N) is 3. The predicted octanol–water partition coefficient (Wildman–Crippen LogP) is 1.16. The van der Waals surface area contributed by atoms with Gasteiger partial charge < -0.3 is 10.6 Å². The van der Waals surface area contributed by atoms with Crippen molar-refractivity contribution < 1.29 is 9.59 Å². The molecule has 1 aliphatic rings. The third kappa shape index (κ3) is 1.84. The second kappa shape index (κ2) is 3.99. The number of carbonyl (C=O) groups excluding carboxylic acids is 2. The lowest BCUT2D eigenvalue weighted by Crippen LogP contribution is -2.12. The van der Waals surface area contributed by atoms with Crippen molar-refractivity contribution in [3.05, 3.63) is 41.6 Å². The van der Waals surface area contributed by atoms with E-state index in [4.69, 9.17) is 0 Å². The van der Waals surface area contributed by atoms with Gasteiger partial charge in [-0.25, -0.2) is 0 Å². The van der Waals surface area contributed by atoms with Crippen LogP contribution in [0.4, 0.5) is 11.5 Å². The molecule has 0 unspecified atom stereocenters. The number of hydrogen-bond acceptors (Lipinski definition) is 3. The van der Waals surface area contributed by atoms with E-state index in [0.29, 0.717) is 23.5 Å². The largest absolute Gasteiger partial charge is 0.326 e. The van der Waals surface area contributed by atoms with E-state index in [1.807, 2.05) is 0 Å². The van der Waals surface area contributed by atoms with E-state index >= 15 is 0 Å². The molecular formula is C12H10N4O2. The van der Waals surface area contributed by atoms with Crippen LogP contribution >= 0.6 is 0 Å². The average molecular weight is 242 g/mol. The van der Waals surface area contributed by atoms with Crippen LogP contribution in [-0.4, -0.2) is 22.0 Å². The molecule has 0 spiro atoms. The van der Waals surface area contributed by atoms with Crippen LogP contribution in [-0.2, 0) is 11.2 Å². The molecule has 2 amide bonds. The van der Waals surface area contributed by atoms with Gasteiger partial charge in [-0.1, -0.05) is 6.07 Å². The summed E-state index contributed by atoms with van der Waals surface area (Å²) in [6.45, 7) is 0. The fourth-order valence-electron chi connectivity index (χ4n) is 1.88. The Kier molecular flexibility index (Phi) is 2.33. The molecule has 0 aliphatic carbocycles. The van der Waals surface area contributed by atoms with Gasteiger partial charge in [-0.3, -0.25) is 14.7 Å². The Bertz CT molecular complexity index is 619. The molecule has 1 aromatic heterocycles. The van der Waals surface area contributed by atoms with Crippen molar-refractivity contribution in [2.24, 2.45) is 0 Å². The standard InChI is InChI=1S/C12H10N4O2/c17-11-6-7-1-2-8(5-9(7)14-11)12(18)15-10-3-4-13-16-10/h1-5H,6H2,(H,14,17)(H2,13,15,16,18). The monoisotopic (exact) mass is 242 g/mol. The normalized spacial score (nSPS) is 13.0. The minimum Gasteiger partial charge on any atom is -0.326 e. The highest BCUT2D eigenvalue weighted by Gasteiger charge is 2.19. The highest BCUT2D eigenvalue weighted by atomic mass is 16.2. The van der Waals surface area contributed by atoms with Crippen LogP contribution < -0.4 is 10.6 Å². The molecule has 2 aromatic rings. The second-order valence-corrected chi connectivity index (χ2v) is 4.02. The molecule has 1 aromatic carbocycles. The summed E-state index contributed by atoms with van der Waals surface area (Å²) < 4.78 is 0. The number of carbonyl (C=O) groups is 2. The molecule has 1 aliphatic heterocycles. The first-order valence-corrected chi connectivity index (χ1v) is 5.46. The van der Waals surface area contributed by atoms with Crippen molar-refractivity contribution in [2.45, 2.75) is 6.42 Å². The van der Waals surface area contributed by atoms with Gasteiger partial charge in [0.25, 0.3) is 5.91 Å². The zero-order valence-corrected chi connectivity index (χ0v) is 9.36. The smallest absolute Gasteiger partial charge is 0.256 e. The van der Waals surface area contributed by atoms with Gasteiger partial charge in [0, 0.05) is 17.3 Å². The number of aromatic amines is 1. The Balaban J connectivity index is 1.83. The second-order valence-electron chi connectivity index (χ2n) is 4.02. The molecule has 6 heteroatoms. The van der Waals surface area contributed by atoms with Gasteiger partial charge >= 0.3 is 0 Å². The summed E-state index contributed by atoms with van der Waals surface area (Å²) in [6.07, 6.45) is 1.93. The average Bonchev–Trinajstić information content (AvgIpc) is 2.95. The number of fused-ring (bicyclic) bond motifs is 1. The summed E-state index contributed by atoms with van der Waals surface area (Å²) >= 11 is 0. The number of benzene rings is 1. The Labute approximate surface area is 102 Å². The summed E-state index contributed by atoms with van der Waals surface area (Å²) in [5, 5.41) is 11.8. The summed E-state index contributed by atoms with van der Waals surface area (Å²) in [4.78, 5) is 23.1. The zero-order valence-electron chi connectivity index (χ0n) is 9.36. The fraction of sp³-hybridized carbons (Fsp3) is 0.0833. The third-order valence-electron chi connectivity index (χ3n) is 2.75. The van der Waals surface area contributed by atoms with E-state index < -0.39 is 0 Å². The molecular weight excluding hydrogens is 232 g/mol. The molecule has 3 rings (SSSR count). The molecule has 0 atom stereocenters. The number of nitrogens with zero attached hydrogens (tertiary/aromatic N) is 1. The minimum atomic E-state index is -0.247. The van der Waals surface area contributed by atoms with E-state index in [9.17, 15) is 9.59 Å². The number of aromatic nitrogens is 2. The topological polar surface area (TPSA) is 86.9 Å². The van der Waals surface area contributed by atoms with Gasteiger partial charge in [0.05, 0.1) is 12.6 Å². The first-order chi connectivity index (χ1) is 8.72. The van der Waals surface area contributed by atoms with Crippen LogP contribution in [0.25, 0.3) is 0 Å². The Morgan fingerprint density at radius 3 is 3.00 bits per heavy atom. The Morgan fingerprint density at radius 2 is 2.22 bits per heavy atom. The van der Waals surface area contributed by atoms with Crippen molar-refractivity contribution in [1.29, 1.82) is 0 Å². The fourth-order valence-corrected chi connectivity index (χ4v) is 1.88. The van der Waals surface area contributed by atoms with Crippen LogP contribution in [0.15, 0.2) is 30.5 Å².